The van der Waals surface area contributed by atoms with Crippen molar-refractivity contribution < 1.29 is 32.7 Å². The standard InChI is InChI=1S/C21H22N4O2.C2HF3O2/c1-14-5-7-16(8-6-14)12-19(26)24-18-4-2-3-15(11-18)9-10-17-13-23-25-20(17)21(22)27;3-2(4,5)1(6)7/h2-8,11,13H,9-10,12H2,1H3,(H2,22,27)(H,23,25)(H,24,26);(H,6,7). The van der Waals surface area contributed by atoms with Gasteiger partial charge < -0.3 is 16.2 Å². The van der Waals surface area contributed by atoms with Crippen molar-refractivity contribution in [1.29, 1.82) is 0 Å². The summed E-state index contributed by atoms with van der Waals surface area (Å²) in [7, 11) is 0. The van der Waals surface area contributed by atoms with Gasteiger partial charge >= 0.3 is 12.1 Å². The minimum atomic E-state index is -5.08. The van der Waals surface area contributed by atoms with Gasteiger partial charge in [0.1, 0.15) is 5.69 Å². The second-order valence-corrected chi connectivity index (χ2v) is 7.35. The Morgan fingerprint density at radius 2 is 1.71 bits per heavy atom. The molecular formula is C23H23F3N4O4. The normalized spacial score (nSPS) is 10.7. The average Bonchev–Trinajstić information content (AvgIpc) is 3.23. The van der Waals surface area contributed by atoms with E-state index in [1.807, 2.05) is 55.5 Å². The number of aromatic nitrogens is 2. The van der Waals surface area contributed by atoms with E-state index in [1.165, 1.54) is 5.56 Å². The minimum absolute atomic E-state index is 0.0538. The van der Waals surface area contributed by atoms with Gasteiger partial charge in [0.25, 0.3) is 5.91 Å². The molecule has 0 spiro atoms. The van der Waals surface area contributed by atoms with Crippen molar-refractivity contribution in [1.82, 2.24) is 10.2 Å². The van der Waals surface area contributed by atoms with Gasteiger partial charge in [0, 0.05) is 11.3 Å². The number of hydrogen-bond acceptors (Lipinski definition) is 4. The monoisotopic (exact) mass is 476 g/mol. The summed E-state index contributed by atoms with van der Waals surface area (Å²) in [6.07, 6.45) is -1.79. The van der Waals surface area contributed by atoms with Crippen molar-refractivity contribution >= 4 is 23.5 Å². The summed E-state index contributed by atoms with van der Waals surface area (Å²) >= 11 is 0. The van der Waals surface area contributed by atoms with Crippen molar-refractivity contribution in [2.75, 3.05) is 5.32 Å². The molecule has 3 rings (SSSR count). The van der Waals surface area contributed by atoms with E-state index < -0.39 is 18.1 Å². The zero-order valence-corrected chi connectivity index (χ0v) is 18.1. The number of aryl methyl sites for hydroxylation is 3. The number of alkyl halides is 3. The molecule has 34 heavy (non-hydrogen) atoms. The van der Waals surface area contributed by atoms with E-state index in [-0.39, 0.29) is 5.91 Å². The lowest BCUT2D eigenvalue weighted by molar-refractivity contribution is -0.192. The number of H-pyrrole nitrogens is 1. The van der Waals surface area contributed by atoms with E-state index in [0.29, 0.717) is 25.0 Å². The van der Waals surface area contributed by atoms with E-state index in [4.69, 9.17) is 15.6 Å². The Hall–Kier alpha value is -4.15. The molecule has 0 radical (unpaired) electrons. The first kappa shape index (κ1) is 26.1. The topological polar surface area (TPSA) is 138 Å². The zero-order chi connectivity index (χ0) is 25.3. The smallest absolute Gasteiger partial charge is 0.475 e. The highest BCUT2D eigenvalue weighted by Gasteiger charge is 2.38. The number of aliphatic carboxylic acids is 1. The van der Waals surface area contributed by atoms with Crippen LogP contribution in [0.4, 0.5) is 18.9 Å². The molecule has 0 bridgehead atoms. The largest absolute Gasteiger partial charge is 0.490 e. The number of nitrogens with zero attached hydrogens (tertiary/aromatic N) is 1. The molecule has 0 saturated heterocycles. The predicted molar refractivity (Wildman–Crippen MR) is 118 cm³/mol. The Kier molecular flexibility index (Phi) is 8.94. The molecule has 0 atom stereocenters. The first-order valence-corrected chi connectivity index (χ1v) is 10.0. The summed E-state index contributed by atoms with van der Waals surface area (Å²) in [6.45, 7) is 2.02. The number of nitrogens with two attached hydrogens (primary N) is 1. The van der Waals surface area contributed by atoms with E-state index in [1.54, 1.807) is 6.20 Å². The number of anilines is 1. The number of carbonyl (C=O) groups is 3. The lowest BCUT2D eigenvalue weighted by Gasteiger charge is -2.08. The van der Waals surface area contributed by atoms with Crippen LogP contribution in [0.2, 0.25) is 0 Å². The Morgan fingerprint density at radius 3 is 2.29 bits per heavy atom. The molecule has 2 aromatic carbocycles. The SMILES string of the molecule is Cc1ccc(CC(=O)Nc2cccc(CCc3cn[nH]c3C(N)=O)c2)cc1.O=C(O)C(F)(F)F. The summed E-state index contributed by atoms with van der Waals surface area (Å²) < 4.78 is 31.7. The maximum absolute atomic E-state index is 12.3. The summed E-state index contributed by atoms with van der Waals surface area (Å²) in [5.41, 5.74) is 10.4. The first-order chi connectivity index (χ1) is 16.0. The number of carboxylic acids is 1. The lowest BCUT2D eigenvalue weighted by Crippen LogP contribution is -2.21. The fourth-order valence-electron chi connectivity index (χ4n) is 2.89. The number of aromatic amines is 1. The second-order valence-electron chi connectivity index (χ2n) is 7.35. The molecule has 1 aromatic heterocycles. The summed E-state index contributed by atoms with van der Waals surface area (Å²) in [6, 6.07) is 15.6. The van der Waals surface area contributed by atoms with Crippen LogP contribution in [0, 0.1) is 6.92 Å². The van der Waals surface area contributed by atoms with Crippen LogP contribution in [0.25, 0.3) is 0 Å². The average molecular weight is 476 g/mol. The molecule has 11 heteroatoms. The summed E-state index contributed by atoms with van der Waals surface area (Å²) in [5, 5.41) is 16.6. The van der Waals surface area contributed by atoms with E-state index in [2.05, 4.69) is 15.5 Å². The molecule has 0 fully saturated rings. The second kappa shape index (κ2) is 11.6. The molecule has 0 saturated carbocycles. The van der Waals surface area contributed by atoms with Gasteiger partial charge in [-0.1, -0.05) is 42.0 Å². The number of halogens is 3. The van der Waals surface area contributed by atoms with Crippen molar-refractivity contribution in [2.45, 2.75) is 32.4 Å². The highest BCUT2D eigenvalue weighted by molar-refractivity contribution is 5.92. The molecule has 0 unspecified atom stereocenters. The number of carboxylic acid groups (broad SMARTS) is 1. The number of primary amides is 1. The molecule has 8 nitrogen and oxygen atoms in total. The Morgan fingerprint density at radius 1 is 1.06 bits per heavy atom. The van der Waals surface area contributed by atoms with Crippen molar-refractivity contribution in [2.24, 2.45) is 5.73 Å². The van der Waals surface area contributed by atoms with Crippen LogP contribution in [0.15, 0.2) is 54.7 Å². The lowest BCUT2D eigenvalue weighted by atomic mass is 10.0. The molecular weight excluding hydrogens is 453 g/mol. The van der Waals surface area contributed by atoms with E-state index in [9.17, 15) is 22.8 Å². The Balaban J connectivity index is 0.000000509. The number of carbonyl (C=O) groups excluding carboxylic acids is 2. The van der Waals surface area contributed by atoms with Crippen LogP contribution in [-0.4, -0.2) is 39.3 Å². The zero-order valence-electron chi connectivity index (χ0n) is 18.1. The first-order valence-electron chi connectivity index (χ1n) is 10.0. The maximum atomic E-state index is 12.3. The van der Waals surface area contributed by atoms with E-state index in [0.717, 1.165) is 22.4 Å². The van der Waals surface area contributed by atoms with Crippen molar-refractivity contribution in [3.05, 3.63) is 82.7 Å². The van der Waals surface area contributed by atoms with Crippen molar-refractivity contribution in [3.63, 3.8) is 0 Å². The fraction of sp³-hybridized carbons (Fsp3) is 0.217. The predicted octanol–water partition coefficient (Wildman–Crippen LogP) is 3.42. The summed E-state index contributed by atoms with van der Waals surface area (Å²) in [5.74, 6) is -3.33. The molecule has 5 N–H and O–H groups in total. The van der Waals surface area contributed by atoms with Crippen LogP contribution in [0.5, 0.6) is 0 Å². The van der Waals surface area contributed by atoms with Gasteiger partial charge in [-0.2, -0.15) is 18.3 Å². The van der Waals surface area contributed by atoms with Gasteiger partial charge in [-0.15, -0.1) is 0 Å². The minimum Gasteiger partial charge on any atom is -0.475 e. The Bertz CT molecular complexity index is 1140. The third kappa shape index (κ3) is 8.41. The summed E-state index contributed by atoms with van der Waals surface area (Å²) in [4.78, 5) is 32.5. The molecule has 0 aliphatic heterocycles. The number of nitrogens with one attached hydrogen (secondary N) is 2. The van der Waals surface area contributed by atoms with Crippen LogP contribution in [0.3, 0.4) is 0 Å². The van der Waals surface area contributed by atoms with Gasteiger partial charge in [-0.25, -0.2) is 4.79 Å². The van der Waals surface area contributed by atoms with Crippen LogP contribution >= 0.6 is 0 Å². The maximum Gasteiger partial charge on any atom is 0.490 e. The number of benzene rings is 2. The molecule has 0 aliphatic rings. The molecule has 0 aliphatic carbocycles. The third-order valence-electron chi connectivity index (χ3n) is 4.59. The van der Waals surface area contributed by atoms with Gasteiger partial charge in [0.15, 0.2) is 0 Å². The van der Waals surface area contributed by atoms with Gasteiger partial charge in [-0.05, 0) is 43.0 Å². The molecule has 2 amide bonds. The van der Waals surface area contributed by atoms with E-state index >= 15 is 0 Å². The van der Waals surface area contributed by atoms with Crippen molar-refractivity contribution in [3.8, 4) is 0 Å². The van der Waals surface area contributed by atoms with Crippen LogP contribution in [0.1, 0.15) is 32.7 Å². The fourth-order valence-corrected chi connectivity index (χ4v) is 2.89. The quantitative estimate of drug-likeness (QED) is 0.414. The number of amides is 2. The molecule has 3 aromatic rings. The number of hydrogen-bond donors (Lipinski definition) is 4. The highest BCUT2D eigenvalue weighted by Crippen LogP contribution is 2.15. The molecule has 180 valence electrons. The number of rotatable bonds is 7. The highest BCUT2D eigenvalue weighted by atomic mass is 19.4. The van der Waals surface area contributed by atoms with Crippen LogP contribution in [-0.2, 0) is 28.9 Å². The molecule has 1 heterocycles. The van der Waals surface area contributed by atoms with Crippen LogP contribution < -0.4 is 11.1 Å². The third-order valence-corrected chi connectivity index (χ3v) is 4.59. The van der Waals surface area contributed by atoms with Gasteiger partial charge in [0.2, 0.25) is 5.91 Å². The van der Waals surface area contributed by atoms with Gasteiger partial charge in [-0.3, -0.25) is 14.7 Å². The van der Waals surface area contributed by atoms with Gasteiger partial charge in [0.05, 0.1) is 12.6 Å². The Labute approximate surface area is 193 Å².